The number of likely N-dealkylation sites (N-methyl/N-ethyl adjacent to an activating group) is 1. The molecule has 0 fully saturated rings. The molecule has 0 saturated heterocycles. The molecule has 7 heteroatoms. The molecule has 22 heavy (non-hydrogen) atoms. The first kappa shape index (κ1) is 16.4. The number of nitrogens with one attached hydrogen (secondary N) is 1. The first-order valence-electron chi connectivity index (χ1n) is 6.92. The van der Waals surface area contributed by atoms with E-state index in [1.165, 1.54) is 11.3 Å². The first-order valence-corrected chi connectivity index (χ1v) is 7.80. The second-order valence-corrected chi connectivity index (χ2v) is 5.80. The third-order valence-corrected chi connectivity index (χ3v) is 3.65. The van der Waals surface area contributed by atoms with Gasteiger partial charge in [-0.05, 0) is 26.2 Å². The second-order valence-electron chi connectivity index (χ2n) is 4.94. The molecule has 1 aromatic heterocycles. The topological polar surface area (TPSA) is 80.5 Å². The number of carbonyl (C=O) groups excluding carboxylic acids is 1. The third-order valence-electron chi connectivity index (χ3n) is 2.90. The van der Waals surface area contributed by atoms with E-state index >= 15 is 0 Å². The van der Waals surface area contributed by atoms with Gasteiger partial charge < -0.3 is 20.7 Å². The lowest BCUT2D eigenvalue weighted by atomic mass is 10.1. The van der Waals surface area contributed by atoms with Crippen LogP contribution in [0.3, 0.4) is 0 Å². The van der Waals surface area contributed by atoms with E-state index < -0.39 is 0 Å². The first-order chi connectivity index (χ1) is 10.6. The average Bonchev–Trinajstić information content (AvgIpc) is 2.95. The largest absolute Gasteiger partial charge is 0.492 e. The maximum Gasteiger partial charge on any atom is 0.239 e. The summed E-state index contributed by atoms with van der Waals surface area (Å²) < 4.78 is 5.83. The van der Waals surface area contributed by atoms with Crippen LogP contribution in [0.15, 0.2) is 29.6 Å². The Balaban J connectivity index is 2.13. The van der Waals surface area contributed by atoms with Crippen LogP contribution in [-0.4, -0.2) is 49.6 Å². The highest BCUT2D eigenvalue weighted by Gasteiger charge is 2.11. The number of ether oxygens (including phenoxy) is 1. The number of nitrogens with two attached hydrogens (primary N) is 1. The SMILES string of the molecule is CN(C)CCOc1ccccc1-c1csc(NC(=O)CN)n1. The van der Waals surface area contributed by atoms with Crippen molar-refractivity contribution in [3.8, 4) is 17.0 Å². The summed E-state index contributed by atoms with van der Waals surface area (Å²) in [4.78, 5) is 17.8. The van der Waals surface area contributed by atoms with E-state index in [-0.39, 0.29) is 12.5 Å². The highest BCUT2D eigenvalue weighted by atomic mass is 32.1. The molecule has 3 N–H and O–H groups in total. The highest BCUT2D eigenvalue weighted by molar-refractivity contribution is 7.14. The monoisotopic (exact) mass is 320 g/mol. The molecule has 0 saturated carbocycles. The van der Waals surface area contributed by atoms with E-state index in [1.54, 1.807) is 0 Å². The van der Waals surface area contributed by atoms with Gasteiger partial charge in [0.1, 0.15) is 12.4 Å². The lowest BCUT2D eigenvalue weighted by molar-refractivity contribution is -0.114. The van der Waals surface area contributed by atoms with Crippen molar-refractivity contribution in [3.05, 3.63) is 29.6 Å². The molecule has 0 bridgehead atoms. The van der Waals surface area contributed by atoms with Gasteiger partial charge in [-0.25, -0.2) is 4.98 Å². The fourth-order valence-corrected chi connectivity index (χ4v) is 2.49. The van der Waals surface area contributed by atoms with Gasteiger partial charge in [-0.2, -0.15) is 0 Å². The molecule has 0 aliphatic rings. The number of rotatable bonds is 7. The van der Waals surface area contributed by atoms with E-state index in [4.69, 9.17) is 10.5 Å². The van der Waals surface area contributed by atoms with Gasteiger partial charge in [0.15, 0.2) is 5.13 Å². The molecular weight excluding hydrogens is 300 g/mol. The van der Waals surface area contributed by atoms with Crippen molar-refractivity contribution < 1.29 is 9.53 Å². The minimum atomic E-state index is -0.253. The van der Waals surface area contributed by atoms with Crippen LogP contribution < -0.4 is 15.8 Å². The predicted molar refractivity (Wildman–Crippen MR) is 89.3 cm³/mol. The molecular formula is C15H20N4O2S. The Kier molecular flexibility index (Phi) is 5.88. The quantitative estimate of drug-likeness (QED) is 0.811. The maximum absolute atomic E-state index is 11.3. The summed E-state index contributed by atoms with van der Waals surface area (Å²) in [5.41, 5.74) is 6.97. The van der Waals surface area contributed by atoms with Crippen LogP contribution in [-0.2, 0) is 4.79 Å². The van der Waals surface area contributed by atoms with Crippen LogP contribution in [0.25, 0.3) is 11.3 Å². The Hall–Kier alpha value is -1.96. The zero-order chi connectivity index (χ0) is 15.9. The molecule has 0 unspecified atom stereocenters. The van der Waals surface area contributed by atoms with Crippen molar-refractivity contribution in [2.24, 2.45) is 5.73 Å². The van der Waals surface area contributed by atoms with Crippen LogP contribution in [0.5, 0.6) is 5.75 Å². The van der Waals surface area contributed by atoms with Crippen molar-refractivity contribution in [1.29, 1.82) is 0 Å². The molecule has 2 rings (SSSR count). The van der Waals surface area contributed by atoms with Gasteiger partial charge in [0.2, 0.25) is 5.91 Å². The normalized spacial score (nSPS) is 10.7. The Labute approximate surface area is 133 Å². The van der Waals surface area contributed by atoms with Gasteiger partial charge in [-0.15, -0.1) is 11.3 Å². The Morgan fingerprint density at radius 1 is 1.41 bits per heavy atom. The Bertz CT molecular complexity index is 628. The summed E-state index contributed by atoms with van der Waals surface area (Å²) in [7, 11) is 4.00. The van der Waals surface area contributed by atoms with Crippen LogP contribution in [0, 0.1) is 0 Å². The minimum Gasteiger partial charge on any atom is -0.492 e. The number of amides is 1. The molecule has 6 nitrogen and oxygen atoms in total. The number of para-hydroxylation sites is 1. The molecule has 1 amide bonds. The third kappa shape index (κ3) is 4.52. The molecule has 0 aliphatic heterocycles. The number of nitrogens with zero attached hydrogens (tertiary/aromatic N) is 2. The Morgan fingerprint density at radius 3 is 2.91 bits per heavy atom. The number of aromatic nitrogens is 1. The zero-order valence-electron chi connectivity index (χ0n) is 12.7. The van der Waals surface area contributed by atoms with Crippen LogP contribution in [0.1, 0.15) is 0 Å². The van der Waals surface area contributed by atoms with Crippen molar-refractivity contribution in [2.75, 3.05) is 39.1 Å². The standard InChI is InChI=1S/C15H20N4O2S/c1-19(2)7-8-21-13-6-4-3-5-11(13)12-10-22-15(17-12)18-14(20)9-16/h3-6,10H,7-9,16H2,1-2H3,(H,17,18,20). The fourth-order valence-electron chi connectivity index (χ4n) is 1.77. The van der Waals surface area contributed by atoms with Gasteiger partial charge in [0, 0.05) is 17.5 Å². The average molecular weight is 320 g/mol. The van der Waals surface area contributed by atoms with Crippen molar-refractivity contribution in [1.82, 2.24) is 9.88 Å². The smallest absolute Gasteiger partial charge is 0.239 e. The Morgan fingerprint density at radius 2 is 2.18 bits per heavy atom. The zero-order valence-corrected chi connectivity index (χ0v) is 13.5. The van der Waals surface area contributed by atoms with E-state index in [9.17, 15) is 4.79 Å². The highest BCUT2D eigenvalue weighted by Crippen LogP contribution is 2.32. The van der Waals surface area contributed by atoms with Gasteiger partial charge in [-0.1, -0.05) is 12.1 Å². The molecule has 1 heterocycles. The van der Waals surface area contributed by atoms with Gasteiger partial charge in [0.25, 0.3) is 0 Å². The summed E-state index contributed by atoms with van der Waals surface area (Å²) in [6.45, 7) is 1.38. The summed E-state index contributed by atoms with van der Waals surface area (Å²) >= 11 is 1.36. The van der Waals surface area contributed by atoms with E-state index in [0.717, 1.165) is 23.6 Å². The van der Waals surface area contributed by atoms with Crippen LogP contribution in [0.2, 0.25) is 0 Å². The number of carbonyl (C=O) groups is 1. The molecule has 0 atom stereocenters. The lowest BCUT2D eigenvalue weighted by Crippen LogP contribution is -2.21. The van der Waals surface area contributed by atoms with Crippen molar-refractivity contribution >= 4 is 22.4 Å². The summed E-state index contributed by atoms with van der Waals surface area (Å²) in [5.74, 6) is 0.530. The van der Waals surface area contributed by atoms with Crippen molar-refractivity contribution in [3.63, 3.8) is 0 Å². The summed E-state index contributed by atoms with van der Waals surface area (Å²) in [6, 6.07) is 7.74. The molecule has 0 aliphatic carbocycles. The van der Waals surface area contributed by atoms with Gasteiger partial charge in [0.05, 0.1) is 12.2 Å². The molecule has 0 spiro atoms. The van der Waals surface area contributed by atoms with E-state index in [0.29, 0.717) is 11.7 Å². The summed E-state index contributed by atoms with van der Waals surface area (Å²) in [6.07, 6.45) is 0. The number of anilines is 1. The second kappa shape index (κ2) is 7.88. The number of thiazole rings is 1. The van der Waals surface area contributed by atoms with Crippen molar-refractivity contribution in [2.45, 2.75) is 0 Å². The van der Waals surface area contributed by atoms with E-state index in [2.05, 4.69) is 15.2 Å². The van der Waals surface area contributed by atoms with Gasteiger partial charge >= 0.3 is 0 Å². The summed E-state index contributed by atoms with van der Waals surface area (Å²) in [5, 5.41) is 5.08. The molecule has 0 radical (unpaired) electrons. The maximum atomic E-state index is 11.3. The molecule has 2 aromatic rings. The fraction of sp³-hybridized carbons (Fsp3) is 0.333. The minimum absolute atomic E-state index is 0.0564. The number of hydrogen-bond donors (Lipinski definition) is 2. The van der Waals surface area contributed by atoms with Crippen LogP contribution >= 0.6 is 11.3 Å². The van der Waals surface area contributed by atoms with Crippen LogP contribution in [0.4, 0.5) is 5.13 Å². The number of benzene rings is 1. The molecule has 118 valence electrons. The van der Waals surface area contributed by atoms with Gasteiger partial charge in [-0.3, -0.25) is 4.79 Å². The van der Waals surface area contributed by atoms with E-state index in [1.807, 2.05) is 43.7 Å². The number of hydrogen-bond acceptors (Lipinski definition) is 6. The molecule has 1 aromatic carbocycles. The lowest BCUT2D eigenvalue weighted by Gasteiger charge is -2.13. The predicted octanol–water partition coefficient (Wildman–Crippen LogP) is 1.65.